The standard InChI is InChI=1S/C21H21N.C21H20N.Ir/c2*1-16(2)13-17-11-12-21(22-15-17)20-10-6-9-19(14-20)18-7-4-3-5-8-18;/h3-12,14-16H,13H2,1-2H3;3-9,11-12,14-16H,13H2,1-2H3;/q;-1;. The summed E-state index contributed by atoms with van der Waals surface area (Å²) >= 11 is 0. The minimum Gasteiger partial charge on any atom is -0.304 e. The smallest absolute Gasteiger partial charge is 0.0702 e. The van der Waals surface area contributed by atoms with Crippen molar-refractivity contribution >= 4 is 0 Å². The van der Waals surface area contributed by atoms with Crippen LogP contribution in [-0.4, -0.2) is 9.97 Å². The van der Waals surface area contributed by atoms with E-state index >= 15 is 0 Å². The molecule has 2 aromatic heterocycles. The van der Waals surface area contributed by atoms with Crippen LogP contribution < -0.4 is 0 Å². The van der Waals surface area contributed by atoms with Crippen LogP contribution in [0.2, 0.25) is 0 Å². The SMILES string of the molecule is CC(C)Cc1ccc(-c2[c-]ccc(-c3ccccc3)c2)nc1.CC(C)Cc1ccc(-c2cccc(-c3ccccc3)c2)nc1.[Ir]. The van der Waals surface area contributed by atoms with Gasteiger partial charge in [0.15, 0.2) is 0 Å². The molecule has 1 radical (unpaired) electrons. The van der Waals surface area contributed by atoms with Crippen LogP contribution >= 0.6 is 0 Å². The van der Waals surface area contributed by atoms with Gasteiger partial charge < -0.3 is 4.98 Å². The van der Waals surface area contributed by atoms with Crippen LogP contribution in [0.1, 0.15) is 38.8 Å². The average Bonchev–Trinajstić information content (AvgIpc) is 3.06. The number of nitrogens with zero attached hydrogens (tertiary/aromatic N) is 2. The molecule has 45 heavy (non-hydrogen) atoms. The molecular weight excluding hydrogens is 725 g/mol. The molecule has 229 valence electrons. The maximum atomic E-state index is 4.64. The van der Waals surface area contributed by atoms with Gasteiger partial charge in [-0.2, -0.15) is 0 Å². The third-order valence-electron chi connectivity index (χ3n) is 7.39. The fraction of sp³-hybridized carbons (Fsp3) is 0.190. The molecule has 0 fully saturated rings. The van der Waals surface area contributed by atoms with Crippen molar-refractivity contribution in [1.29, 1.82) is 0 Å². The quantitative estimate of drug-likeness (QED) is 0.144. The van der Waals surface area contributed by atoms with Crippen molar-refractivity contribution in [1.82, 2.24) is 9.97 Å². The minimum absolute atomic E-state index is 0. The molecule has 0 spiro atoms. The van der Waals surface area contributed by atoms with E-state index in [4.69, 9.17) is 0 Å². The number of hydrogen-bond acceptors (Lipinski definition) is 2. The average molecular weight is 766 g/mol. The molecule has 6 rings (SSSR count). The molecule has 0 aliphatic heterocycles. The van der Waals surface area contributed by atoms with Gasteiger partial charge in [-0.25, -0.2) is 0 Å². The number of benzene rings is 4. The first-order chi connectivity index (χ1) is 21.4. The normalized spacial score (nSPS) is 10.6. The molecule has 0 saturated heterocycles. The summed E-state index contributed by atoms with van der Waals surface area (Å²) in [6.07, 6.45) is 6.14. The number of hydrogen-bond donors (Lipinski definition) is 0. The second kappa shape index (κ2) is 16.8. The van der Waals surface area contributed by atoms with E-state index in [1.165, 1.54) is 33.4 Å². The molecule has 6 aromatic rings. The maximum Gasteiger partial charge on any atom is 0.0702 e. The minimum atomic E-state index is 0. The number of pyridine rings is 2. The molecule has 2 nitrogen and oxygen atoms in total. The Kier molecular flexibility index (Phi) is 12.6. The first-order valence-corrected chi connectivity index (χ1v) is 15.6. The predicted octanol–water partition coefficient (Wildman–Crippen LogP) is 11.0. The molecule has 2 heterocycles. The Morgan fingerprint density at radius 3 is 1.49 bits per heavy atom. The summed E-state index contributed by atoms with van der Waals surface area (Å²) < 4.78 is 0. The summed E-state index contributed by atoms with van der Waals surface area (Å²) in [5, 5.41) is 0. The van der Waals surface area contributed by atoms with Crippen LogP contribution in [0.3, 0.4) is 0 Å². The third kappa shape index (κ3) is 9.91. The summed E-state index contributed by atoms with van der Waals surface area (Å²) in [5.41, 5.74) is 11.7. The van der Waals surface area contributed by atoms with Gasteiger partial charge in [0.2, 0.25) is 0 Å². The summed E-state index contributed by atoms with van der Waals surface area (Å²) in [6.45, 7) is 8.92. The van der Waals surface area contributed by atoms with Crippen molar-refractivity contribution in [3.8, 4) is 44.8 Å². The Morgan fingerprint density at radius 1 is 0.489 bits per heavy atom. The molecule has 0 N–H and O–H groups in total. The van der Waals surface area contributed by atoms with Gasteiger partial charge in [0.25, 0.3) is 0 Å². The van der Waals surface area contributed by atoms with Crippen LogP contribution in [-0.2, 0) is 32.9 Å². The fourth-order valence-electron chi connectivity index (χ4n) is 5.28. The first-order valence-electron chi connectivity index (χ1n) is 15.6. The van der Waals surface area contributed by atoms with Gasteiger partial charge in [-0.3, -0.25) is 4.98 Å². The van der Waals surface area contributed by atoms with E-state index in [0.29, 0.717) is 11.8 Å². The Bertz CT molecular complexity index is 1590. The van der Waals surface area contributed by atoms with E-state index in [9.17, 15) is 0 Å². The van der Waals surface area contributed by atoms with Crippen molar-refractivity contribution < 1.29 is 20.1 Å². The second-order valence-electron chi connectivity index (χ2n) is 12.1. The Labute approximate surface area is 283 Å². The van der Waals surface area contributed by atoms with Crippen LogP contribution in [0.4, 0.5) is 0 Å². The van der Waals surface area contributed by atoms with E-state index in [1.54, 1.807) is 0 Å². The van der Waals surface area contributed by atoms with Crippen LogP contribution in [0.5, 0.6) is 0 Å². The predicted molar refractivity (Wildman–Crippen MR) is 186 cm³/mol. The van der Waals surface area contributed by atoms with Crippen molar-refractivity contribution in [2.75, 3.05) is 0 Å². The topological polar surface area (TPSA) is 25.8 Å². The second-order valence-corrected chi connectivity index (χ2v) is 12.1. The van der Waals surface area contributed by atoms with Gasteiger partial charge in [-0.05, 0) is 70.3 Å². The zero-order valence-corrected chi connectivity index (χ0v) is 29.0. The van der Waals surface area contributed by atoms with Gasteiger partial charge in [0.05, 0.1) is 5.69 Å². The molecule has 0 aliphatic rings. The van der Waals surface area contributed by atoms with Gasteiger partial charge >= 0.3 is 0 Å². The zero-order chi connectivity index (χ0) is 30.7. The van der Waals surface area contributed by atoms with E-state index in [0.717, 1.165) is 35.4 Å². The van der Waals surface area contributed by atoms with E-state index in [1.807, 2.05) is 30.6 Å². The molecule has 0 atom stereocenters. The molecule has 0 amide bonds. The van der Waals surface area contributed by atoms with Gasteiger partial charge in [0, 0.05) is 38.1 Å². The number of aromatic nitrogens is 2. The summed E-state index contributed by atoms with van der Waals surface area (Å²) in [7, 11) is 0. The third-order valence-corrected chi connectivity index (χ3v) is 7.39. The number of rotatable bonds is 8. The molecule has 0 saturated carbocycles. The monoisotopic (exact) mass is 766 g/mol. The maximum absolute atomic E-state index is 4.64. The van der Waals surface area contributed by atoms with Crippen LogP contribution in [0.15, 0.2) is 140 Å². The van der Waals surface area contributed by atoms with Crippen LogP contribution in [0, 0.1) is 17.9 Å². The molecular formula is C42H41IrN2-. The first kappa shape index (κ1) is 33.7. The van der Waals surface area contributed by atoms with Crippen molar-refractivity contribution in [2.45, 2.75) is 40.5 Å². The van der Waals surface area contributed by atoms with E-state index in [2.05, 4.69) is 153 Å². The van der Waals surface area contributed by atoms with Crippen molar-refractivity contribution in [2.24, 2.45) is 11.8 Å². The zero-order valence-electron chi connectivity index (χ0n) is 26.6. The summed E-state index contributed by atoms with van der Waals surface area (Å²) in [6, 6.07) is 47.5. The van der Waals surface area contributed by atoms with Gasteiger partial charge in [-0.1, -0.05) is 125 Å². The van der Waals surface area contributed by atoms with Gasteiger partial charge in [-0.15, -0.1) is 35.4 Å². The molecule has 0 aliphatic carbocycles. The Hall–Kier alpha value is -4.17. The van der Waals surface area contributed by atoms with E-state index < -0.39 is 0 Å². The molecule has 3 heteroatoms. The Morgan fingerprint density at radius 2 is 0.978 bits per heavy atom. The molecule has 0 unspecified atom stereocenters. The Balaban J connectivity index is 0.000000200. The summed E-state index contributed by atoms with van der Waals surface area (Å²) in [5.74, 6) is 1.31. The van der Waals surface area contributed by atoms with Crippen molar-refractivity contribution in [3.63, 3.8) is 0 Å². The summed E-state index contributed by atoms with van der Waals surface area (Å²) in [4.78, 5) is 9.24. The molecule has 4 aromatic carbocycles. The van der Waals surface area contributed by atoms with Crippen molar-refractivity contribution in [3.05, 3.63) is 157 Å². The largest absolute Gasteiger partial charge is 0.304 e. The van der Waals surface area contributed by atoms with E-state index in [-0.39, 0.29) is 20.1 Å². The fourth-order valence-corrected chi connectivity index (χ4v) is 5.28. The molecule has 0 bridgehead atoms. The van der Waals surface area contributed by atoms with Crippen LogP contribution in [0.25, 0.3) is 44.8 Å². The van der Waals surface area contributed by atoms with Gasteiger partial charge in [0.1, 0.15) is 0 Å².